The van der Waals surface area contributed by atoms with Gasteiger partial charge in [0.1, 0.15) is 11.5 Å². The number of rotatable bonds is 3. The molecule has 0 aliphatic carbocycles. The molecule has 4 nitrogen and oxygen atoms in total. The van der Waals surface area contributed by atoms with Crippen molar-refractivity contribution in [2.45, 2.75) is 19.4 Å². The Morgan fingerprint density at radius 1 is 1.58 bits per heavy atom. The Kier molecular flexibility index (Phi) is 4.34. The Morgan fingerprint density at radius 3 is 2.95 bits per heavy atom. The second-order valence-electron chi connectivity index (χ2n) is 4.87. The topological polar surface area (TPSA) is 49.8 Å². The van der Waals surface area contributed by atoms with Gasteiger partial charge in [-0.1, -0.05) is 22.9 Å². The molecule has 0 spiro atoms. The molecule has 1 aliphatic heterocycles. The number of nitrogens with zero attached hydrogens (tertiary/aromatic N) is 1. The van der Waals surface area contributed by atoms with Crippen molar-refractivity contribution in [3.8, 4) is 11.5 Å². The maximum absolute atomic E-state index is 12.5. The van der Waals surface area contributed by atoms with Crippen LogP contribution in [0, 0.1) is 5.92 Å². The summed E-state index contributed by atoms with van der Waals surface area (Å²) < 4.78 is 5.11. The predicted octanol–water partition coefficient (Wildman–Crippen LogP) is 2.65. The van der Waals surface area contributed by atoms with Crippen molar-refractivity contribution >= 4 is 21.8 Å². The number of ether oxygens (including phenoxy) is 1. The number of phenolic OH excluding ortho intramolecular Hbond substituents is 1. The highest BCUT2D eigenvalue weighted by Gasteiger charge is 2.34. The lowest BCUT2D eigenvalue weighted by atomic mass is 10.0. The lowest BCUT2D eigenvalue weighted by Crippen LogP contribution is -2.38. The van der Waals surface area contributed by atoms with E-state index >= 15 is 0 Å². The van der Waals surface area contributed by atoms with E-state index in [0.29, 0.717) is 17.2 Å². The first-order valence-electron chi connectivity index (χ1n) is 6.32. The molecule has 104 valence electrons. The number of likely N-dealkylation sites (tertiary alicyclic amines) is 1. The van der Waals surface area contributed by atoms with Crippen molar-refractivity contribution in [2.75, 3.05) is 19.0 Å². The predicted molar refractivity (Wildman–Crippen MR) is 77.1 cm³/mol. The first-order chi connectivity index (χ1) is 9.08. The zero-order chi connectivity index (χ0) is 14.0. The molecule has 1 aromatic carbocycles. The van der Waals surface area contributed by atoms with Gasteiger partial charge in [-0.25, -0.2) is 0 Å². The molecule has 1 heterocycles. The van der Waals surface area contributed by atoms with Crippen molar-refractivity contribution in [1.82, 2.24) is 4.90 Å². The number of alkyl halides is 1. The van der Waals surface area contributed by atoms with Gasteiger partial charge in [0.2, 0.25) is 0 Å². The van der Waals surface area contributed by atoms with Crippen LogP contribution in [0.5, 0.6) is 11.5 Å². The Labute approximate surface area is 121 Å². The smallest absolute Gasteiger partial charge is 0.258 e. The standard InChI is InChI=1S/C14H18BrNO3/c1-9-5-6-16(12(9)8-15)14(18)11-7-10(19-2)3-4-13(11)17/h3-4,7,9,12,17H,5-6,8H2,1-2H3. The molecule has 0 bridgehead atoms. The van der Waals surface area contributed by atoms with Crippen LogP contribution in [0.25, 0.3) is 0 Å². The Bertz CT molecular complexity index is 478. The fraction of sp³-hybridized carbons (Fsp3) is 0.500. The molecule has 5 heteroatoms. The van der Waals surface area contributed by atoms with Gasteiger partial charge in [0, 0.05) is 17.9 Å². The van der Waals surface area contributed by atoms with E-state index in [1.165, 1.54) is 6.07 Å². The average Bonchev–Trinajstić information content (AvgIpc) is 2.79. The third-order valence-electron chi connectivity index (χ3n) is 3.74. The second-order valence-corrected chi connectivity index (χ2v) is 5.52. The monoisotopic (exact) mass is 327 g/mol. The van der Waals surface area contributed by atoms with Crippen LogP contribution in [0.2, 0.25) is 0 Å². The molecule has 1 aromatic rings. The first kappa shape index (κ1) is 14.2. The van der Waals surface area contributed by atoms with E-state index in [1.54, 1.807) is 19.2 Å². The van der Waals surface area contributed by atoms with Crippen LogP contribution in [-0.4, -0.2) is 40.9 Å². The van der Waals surface area contributed by atoms with Crippen molar-refractivity contribution < 1.29 is 14.6 Å². The van der Waals surface area contributed by atoms with Gasteiger partial charge in [0.25, 0.3) is 5.91 Å². The van der Waals surface area contributed by atoms with Crippen LogP contribution >= 0.6 is 15.9 Å². The van der Waals surface area contributed by atoms with E-state index in [2.05, 4.69) is 22.9 Å². The van der Waals surface area contributed by atoms with E-state index in [4.69, 9.17) is 4.74 Å². The number of hydrogen-bond donors (Lipinski definition) is 1. The SMILES string of the molecule is COc1ccc(O)c(C(=O)N2CCC(C)C2CBr)c1. The zero-order valence-corrected chi connectivity index (χ0v) is 12.7. The van der Waals surface area contributed by atoms with Gasteiger partial charge in [-0.15, -0.1) is 0 Å². The number of aromatic hydroxyl groups is 1. The van der Waals surface area contributed by atoms with Crippen molar-refractivity contribution in [1.29, 1.82) is 0 Å². The van der Waals surface area contributed by atoms with Crippen LogP contribution in [0.15, 0.2) is 18.2 Å². The lowest BCUT2D eigenvalue weighted by molar-refractivity contribution is 0.0735. The summed E-state index contributed by atoms with van der Waals surface area (Å²) >= 11 is 3.46. The highest BCUT2D eigenvalue weighted by Crippen LogP contribution is 2.30. The van der Waals surface area contributed by atoms with Gasteiger partial charge < -0.3 is 14.7 Å². The first-order valence-corrected chi connectivity index (χ1v) is 7.44. The summed E-state index contributed by atoms with van der Waals surface area (Å²) in [6.07, 6.45) is 0.993. The van der Waals surface area contributed by atoms with Crippen LogP contribution < -0.4 is 4.74 Å². The summed E-state index contributed by atoms with van der Waals surface area (Å²) in [7, 11) is 1.54. The number of phenols is 1. The number of benzene rings is 1. The van der Waals surface area contributed by atoms with E-state index in [0.717, 1.165) is 18.3 Å². The minimum Gasteiger partial charge on any atom is -0.507 e. The Balaban J connectivity index is 2.29. The van der Waals surface area contributed by atoms with Crippen LogP contribution in [-0.2, 0) is 0 Å². The summed E-state index contributed by atoms with van der Waals surface area (Å²) in [4.78, 5) is 14.4. The van der Waals surface area contributed by atoms with Gasteiger partial charge >= 0.3 is 0 Å². The Hall–Kier alpha value is -1.23. The fourth-order valence-electron chi connectivity index (χ4n) is 2.46. The highest BCUT2D eigenvalue weighted by molar-refractivity contribution is 9.09. The summed E-state index contributed by atoms with van der Waals surface area (Å²) in [6, 6.07) is 4.90. The molecule has 19 heavy (non-hydrogen) atoms. The maximum atomic E-state index is 12.5. The van der Waals surface area contributed by atoms with Gasteiger partial charge in [-0.3, -0.25) is 4.79 Å². The van der Waals surface area contributed by atoms with Gasteiger partial charge in [0.15, 0.2) is 0 Å². The van der Waals surface area contributed by atoms with Crippen molar-refractivity contribution in [2.24, 2.45) is 5.92 Å². The molecule has 1 N–H and O–H groups in total. The number of halogens is 1. The molecule has 2 atom stereocenters. The number of carbonyl (C=O) groups excluding carboxylic acids is 1. The number of hydrogen-bond acceptors (Lipinski definition) is 3. The summed E-state index contributed by atoms with van der Waals surface area (Å²) in [5.74, 6) is 0.906. The molecule has 0 radical (unpaired) electrons. The summed E-state index contributed by atoms with van der Waals surface area (Å²) in [5.41, 5.74) is 0.305. The molecule has 0 aromatic heterocycles. The van der Waals surface area contributed by atoms with Gasteiger partial charge in [-0.2, -0.15) is 0 Å². The summed E-state index contributed by atoms with van der Waals surface area (Å²) in [6.45, 7) is 2.87. The third kappa shape index (κ3) is 2.71. The molecule has 1 saturated heterocycles. The van der Waals surface area contributed by atoms with E-state index in [-0.39, 0.29) is 17.7 Å². The third-order valence-corrected chi connectivity index (χ3v) is 4.40. The minimum atomic E-state index is -0.134. The molecule has 1 amide bonds. The molecule has 2 unspecified atom stereocenters. The Morgan fingerprint density at radius 2 is 2.32 bits per heavy atom. The number of amides is 1. The van der Waals surface area contributed by atoms with Crippen LogP contribution in [0.4, 0.5) is 0 Å². The second kappa shape index (κ2) is 5.82. The molecule has 2 rings (SSSR count). The normalized spacial score (nSPS) is 22.6. The number of methoxy groups -OCH3 is 1. The zero-order valence-electron chi connectivity index (χ0n) is 11.1. The highest BCUT2D eigenvalue weighted by atomic mass is 79.9. The molecule has 1 fully saturated rings. The van der Waals surface area contributed by atoms with E-state index in [9.17, 15) is 9.90 Å². The maximum Gasteiger partial charge on any atom is 0.258 e. The van der Waals surface area contributed by atoms with Crippen molar-refractivity contribution in [3.63, 3.8) is 0 Å². The molecular formula is C14H18BrNO3. The van der Waals surface area contributed by atoms with Crippen LogP contribution in [0.1, 0.15) is 23.7 Å². The van der Waals surface area contributed by atoms with Gasteiger partial charge in [0.05, 0.1) is 12.7 Å². The largest absolute Gasteiger partial charge is 0.507 e. The molecule has 1 aliphatic rings. The fourth-order valence-corrected chi connectivity index (χ4v) is 3.45. The van der Waals surface area contributed by atoms with Crippen LogP contribution in [0.3, 0.4) is 0 Å². The van der Waals surface area contributed by atoms with E-state index in [1.807, 2.05) is 4.90 Å². The number of carbonyl (C=O) groups is 1. The van der Waals surface area contributed by atoms with Gasteiger partial charge in [-0.05, 0) is 30.5 Å². The molecule has 0 saturated carbocycles. The lowest BCUT2D eigenvalue weighted by Gasteiger charge is -2.25. The quantitative estimate of drug-likeness (QED) is 0.868. The summed E-state index contributed by atoms with van der Waals surface area (Å²) in [5, 5.41) is 10.6. The van der Waals surface area contributed by atoms with E-state index < -0.39 is 0 Å². The minimum absolute atomic E-state index is 0.00123. The molecular weight excluding hydrogens is 310 g/mol. The van der Waals surface area contributed by atoms with Crippen molar-refractivity contribution in [3.05, 3.63) is 23.8 Å². The average molecular weight is 328 g/mol.